The van der Waals surface area contributed by atoms with Gasteiger partial charge in [-0.1, -0.05) is 52.0 Å². The number of hydrogen-bond acceptors (Lipinski definition) is 2. The van der Waals surface area contributed by atoms with Crippen molar-refractivity contribution in [3.63, 3.8) is 0 Å². The molecule has 0 unspecified atom stereocenters. The Morgan fingerprint density at radius 3 is 2.37 bits per heavy atom. The van der Waals surface area contributed by atoms with Crippen molar-refractivity contribution in [1.82, 2.24) is 5.32 Å². The molecule has 1 aromatic carbocycles. The van der Waals surface area contributed by atoms with Gasteiger partial charge >= 0.3 is 0 Å². The molecule has 0 aliphatic heterocycles. The van der Waals surface area contributed by atoms with Crippen LogP contribution in [0.2, 0.25) is 0 Å². The average Bonchev–Trinajstić information content (AvgIpc) is 2.35. The lowest BCUT2D eigenvalue weighted by Gasteiger charge is -2.12. The first kappa shape index (κ1) is 16.2. The Morgan fingerprint density at radius 2 is 1.74 bits per heavy atom. The van der Waals surface area contributed by atoms with E-state index in [1.807, 2.05) is 0 Å². The van der Waals surface area contributed by atoms with E-state index in [-0.39, 0.29) is 0 Å². The number of benzene rings is 1. The molecule has 0 amide bonds. The summed E-state index contributed by atoms with van der Waals surface area (Å²) in [4.78, 5) is 0. The maximum atomic E-state index is 5.78. The second-order valence-electron chi connectivity index (χ2n) is 5.86. The first-order valence-corrected chi connectivity index (χ1v) is 7.47. The standard InChI is InChI=1S/C17H29NO/c1-14(2)10-12-19-13-17-8-6-5-7-16(17)9-11-18-15(3)4/h5-8,14-15,18H,9-13H2,1-4H3. The molecule has 0 spiro atoms. The fraction of sp³-hybridized carbons (Fsp3) is 0.647. The Morgan fingerprint density at radius 1 is 1.05 bits per heavy atom. The molecule has 0 heterocycles. The zero-order valence-corrected chi connectivity index (χ0v) is 12.9. The maximum absolute atomic E-state index is 5.78. The monoisotopic (exact) mass is 263 g/mol. The number of hydrogen-bond donors (Lipinski definition) is 1. The molecule has 0 aliphatic rings. The summed E-state index contributed by atoms with van der Waals surface area (Å²) < 4.78 is 5.78. The molecule has 0 saturated heterocycles. The van der Waals surface area contributed by atoms with E-state index in [0.29, 0.717) is 12.0 Å². The number of ether oxygens (including phenoxy) is 1. The molecule has 0 aliphatic carbocycles. The molecule has 1 N–H and O–H groups in total. The summed E-state index contributed by atoms with van der Waals surface area (Å²) in [5.74, 6) is 0.713. The van der Waals surface area contributed by atoms with Gasteiger partial charge in [-0.3, -0.25) is 0 Å². The van der Waals surface area contributed by atoms with Crippen molar-refractivity contribution >= 4 is 0 Å². The Kier molecular flexibility index (Phi) is 7.76. The highest BCUT2D eigenvalue weighted by Gasteiger charge is 2.03. The van der Waals surface area contributed by atoms with Crippen LogP contribution in [-0.2, 0) is 17.8 Å². The van der Waals surface area contributed by atoms with Gasteiger partial charge in [-0.15, -0.1) is 0 Å². The van der Waals surface area contributed by atoms with Crippen molar-refractivity contribution in [3.05, 3.63) is 35.4 Å². The Hall–Kier alpha value is -0.860. The fourth-order valence-corrected chi connectivity index (χ4v) is 1.94. The molecule has 1 rings (SSSR count). The molecule has 0 radical (unpaired) electrons. The van der Waals surface area contributed by atoms with Gasteiger partial charge in [0.25, 0.3) is 0 Å². The van der Waals surface area contributed by atoms with Crippen molar-refractivity contribution in [1.29, 1.82) is 0 Å². The molecule has 0 saturated carbocycles. The van der Waals surface area contributed by atoms with Gasteiger partial charge in [-0.2, -0.15) is 0 Å². The van der Waals surface area contributed by atoms with Crippen LogP contribution in [0.5, 0.6) is 0 Å². The lowest BCUT2D eigenvalue weighted by atomic mass is 10.1. The smallest absolute Gasteiger partial charge is 0.0719 e. The third kappa shape index (κ3) is 7.34. The van der Waals surface area contributed by atoms with E-state index in [9.17, 15) is 0 Å². The number of rotatable bonds is 9. The van der Waals surface area contributed by atoms with Crippen LogP contribution < -0.4 is 5.32 Å². The summed E-state index contributed by atoms with van der Waals surface area (Å²) >= 11 is 0. The molecule has 108 valence electrons. The SMILES string of the molecule is CC(C)CCOCc1ccccc1CCNC(C)C. The maximum Gasteiger partial charge on any atom is 0.0719 e. The molecule has 0 atom stereocenters. The molecule has 0 aromatic heterocycles. The third-order valence-electron chi connectivity index (χ3n) is 3.16. The summed E-state index contributed by atoms with van der Waals surface area (Å²) in [6.07, 6.45) is 2.21. The lowest BCUT2D eigenvalue weighted by molar-refractivity contribution is 0.110. The molecule has 2 heteroatoms. The van der Waals surface area contributed by atoms with Gasteiger partial charge in [0.1, 0.15) is 0 Å². The van der Waals surface area contributed by atoms with Crippen LogP contribution in [0.25, 0.3) is 0 Å². The van der Waals surface area contributed by atoms with Gasteiger partial charge in [0, 0.05) is 12.6 Å². The van der Waals surface area contributed by atoms with Crippen LogP contribution in [0, 0.1) is 5.92 Å². The Bertz CT molecular complexity index is 347. The van der Waals surface area contributed by atoms with Crippen LogP contribution >= 0.6 is 0 Å². The predicted molar refractivity (Wildman–Crippen MR) is 82.4 cm³/mol. The van der Waals surface area contributed by atoms with Gasteiger partial charge in [0.2, 0.25) is 0 Å². The highest BCUT2D eigenvalue weighted by atomic mass is 16.5. The van der Waals surface area contributed by atoms with Crippen LogP contribution in [0.15, 0.2) is 24.3 Å². The minimum Gasteiger partial charge on any atom is -0.377 e. The highest BCUT2D eigenvalue weighted by Crippen LogP contribution is 2.11. The molecule has 0 bridgehead atoms. The summed E-state index contributed by atoms with van der Waals surface area (Å²) in [6.45, 7) is 11.5. The molecular weight excluding hydrogens is 234 g/mol. The Labute approximate surface area is 118 Å². The average molecular weight is 263 g/mol. The minimum atomic E-state index is 0.550. The first-order chi connectivity index (χ1) is 9.09. The van der Waals surface area contributed by atoms with E-state index in [2.05, 4.69) is 57.3 Å². The first-order valence-electron chi connectivity index (χ1n) is 7.47. The van der Waals surface area contributed by atoms with Crippen molar-refractivity contribution in [2.24, 2.45) is 5.92 Å². The molecule has 2 nitrogen and oxygen atoms in total. The van der Waals surface area contributed by atoms with Gasteiger partial charge in [-0.25, -0.2) is 0 Å². The summed E-state index contributed by atoms with van der Waals surface area (Å²) in [5, 5.41) is 3.46. The fourth-order valence-electron chi connectivity index (χ4n) is 1.94. The van der Waals surface area contributed by atoms with Crippen molar-refractivity contribution in [2.45, 2.75) is 53.2 Å². The normalized spacial score (nSPS) is 11.5. The zero-order chi connectivity index (χ0) is 14.1. The summed E-state index contributed by atoms with van der Waals surface area (Å²) in [6, 6.07) is 9.15. The van der Waals surface area contributed by atoms with E-state index in [4.69, 9.17) is 4.74 Å². The van der Waals surface area contributed by atoms with E-state index >= 15 is 0 Å². The predicted octanol–water partition coefficient (Wildman–Crippen LogP) is 3.79. The quantitative estimate of drug-likeness (QED) is 0.684. The van der Waals surface area contributed by atoms with Crippen LogP contribution in [0.1, 0.15) is 45.2 Å². The van der Waals surface area contributed by atoms with Crippen LogP contribution in [0.3, 0.4) is 0 Å². The second-order valence-corrected chi connectivity index (χ2v) is 5.86. The number of nitrogens with one attached hydrogen (secondary N) is 1. The van der Waals surface area contributed by atoms with Gasteiger partial charge < -0.3 is 10.1 Å². The minimum absolute atomic E-state index is 0.550. The van der Waals surface area contributed by atoms with E-state index < -0.39 is 0 Å². The topological polar surface area (TPSA) is 21.3 Å². The molecule has 1 aromatic rings. The summed E-state index contributed by atoms with van der Waals surface area (Å²) in [5.41, 5.74) is 2.73. The van der Waals surface area contributed by atoms with Crippen LogP contribution in [0.4, 0.5) is 0 Å². The lowest BCUT2D eigenvalue weighted by Crippen LogP contribution is -2.25. The largest absolute Gasteiger partial charge is 0.377 e. The summed E-state index contributed by atoms with van der Waals surface area (Å²) in [7, 11) is 0. The van der Waals surface area contributed by atoms with E-state index in [1.165, 1.54) is 11.1 Å². The Balaban J connectivity index is 2.39. The van der Waals surface area contributed by atoms with Gasteiger partial charge in [0.15, 0.2) is 0 Å². The van der Waals surface area contributed by atoms with Crippen LogP contribution in [-0.4, -0.2) is 19.2 Å². The molecule has 0 fully saturated rings. The van der Waals surface area contributed by atoms with Gasteiger partial charge in [-0.05, 0) is 36.4 Å². The van der Waals surface area contributed by atoms with E-state index in [1.54, 1.807) is 0 Å². The van der Waals surface area contributed by atoms with Crippen molar-refractivity contribution < 1.29 is 4.74 Å². The van der Waals surface area contributed by atoms with E-state index in [0.717, 1.165) is 32.6 Å². The molecule has 19 heavy (non-hydrogen) atoms. The zero-order valence-electron chi connectivity index (χ0n) is 12.9. The van der Waals surface area contributed by atoms with Gasteiger partial charge in [0.05, 0.1) is 6.61 Å². The second kappa shape index (κ2) is 9.11. The third-order valence-corrected chi connectivity index (χ3v) is 3.16. The van der Waals surface area contributed by atoms with Crippen molar-refractivity contribution in [2.75, 3.05) is 13.2 Å². The highest BCUT2D eigenvalue weighted by molar-refractivity contribution is 5.26. The molecular formula is C17H29NO. The van der Waals surface area contributed by atoms with Crippen molar-refractivity contribution in [3.8, 4) is 0 Å².